The molecule has 0 saturated carbocycles. The van der Waals surface area contributed by atoms with Crippen LogP contribution < -0.4 is 0 Å². The first-order chi connectivity index (χ1) is 7.62. The third-order valence-electron chi connectivity index (χ3n) is 2.64. The normalized spacial score (nSPS) is 37.2. The van der Waals surface area contributed by atoms with Crippen LogP contribution in [0.25, 0.3) is 0 Å². The minimum absolute atomic E-state index is 0.0145. The van der Waals surface area contributed by atoms with Crippen LogP contribution in [0.1, 0.15) is 19.8 Å². The SMILES string of the molecule is CCCCO[C@@H]1CO[C@@H]2COS(=O)(=O)O[C@@H]12. The third kappa shape index (κ3) is 2.72. The van der Waals surface area contributed by atoms with Crippen LogP contribution in [0.4, 0.5) is 0 Å². The first kappa shape index (κ1) is 12.3. The first-order valence-corrected chi connectivity index (χ1v) is 6.76. The Bertz CT molecular complexity index is 327. The fraction of sp³-hybridized carbons (Fsp3) is 1.00. The number of fused-ring (bicyclic) bond motifs is 1. The predicted molar refractivity (Wildman–Crippen MR) is 54.1 cm³/mol. The highest BCUT2D eigenvalue weighted by atomic mass is 32.3. The Balaban J connectivity index is 1.91. The van der Waals surface area contributed by atoms with E-state index in [2.05, 4.69) is 11.1 Å². The van der Waals surface area contributed by atoms with Crippen LogP contribution in [-0.2, 0) is 28.2 Å². The molecule has 0 aliphatic carbocycles. The molecule has 6 nitrogen and oxygen atoms in total. The van der Waals surface area contributed by atoms with Crippen molar-refractivity contribution in [3.8, 4) is 0 Å². The second kappa shape index (κ2) is 4.97. The number of unbranched alkanes of at least 4 members (excludes halogenated alkanes) is 1. The van der Waals surface area contributed by atoms with Crippen LogP contribution in [0.2, 0.25) is 0 Å². The Labute approximate surface area is 95.1 Å². The second-order valence-electron chi connectivity index (χ2n) is 3.89. The van der Waals surface area contributed by atoms with Crippen molar-refractivity contribution < 1.29 is 26.3 Å². The largest absolute Gasteiger partial charge is 0.400 e. The van der Waals surface area contributed by atoms with Crippen LogP contribution in [0, 0.1) is 0 Å². The van der Waals surface area contributed by atoms with Crippen LogP contribution in [-0.4, -0.2) is 46.6 Å². The summed E-state index contributed by atoms with van der Waals surface area (Å²) < 4.78 is 42.5. The summed E-state index contributed by atoms with van der Waals surface area (Å²) in [4.78, 5) is 0. The highest BCUT2D eigenvalue weighted by molar-refractivity contribution is 7.81. The standard InChI is InChI=1S/C9H16O6S/c1-2-3-4-12-7-5-13-8-6-14-16(10,11)15-9(7)8/h7-9H,2-6H2,1H3/t7-,8-,9+/m1/s1. The number of hydrogen-bond donors (Lipinski definition) is 0. The van der Waals surface area contributed by atoms with Crippen molar-refractivity contribution in [1.82, 2.24) is 0 Å². The first-order valence-electron chi connectivity index (χ1n) is 5.43. The van der Waals surface area contributed by atoms with E-state index in [1.165, 1.54) is 0 Å². The maximum absolute atomic E-state index is 11.1. The Morgan fingerprint density at radius 3 is 2.94 bits per heavy atom. The Hall–Kier alpha value is -0.210. The van der Waals surface area contributed by atoms with Gasteiger partial charge in [0.1, 0.15) is 18.3 Å². The Morgan fingerprint density at radius 1 is 1.38 bits per heavy atom. The van der Waals surface area contributed by atoms with Gasteiger partial charge in [-0.15, -0.1) is 0 Å². The highest BCUT2D eigenvalue weighted by Gasteiger charge is 2.46. The van der Waals surface area contributed by atoms with Gasteiger partial charge >= 0.3 is 10.4 Å². The van der Waals surface area contributed by atoms with Crippen molar-refractivity contribution in [3.05, 3.63) is 0 Å². The zero-order chi connectivity index (χ0) is 11.6. The molecule has 2 saturated heterocycles. The zero-order valence-corrected chi connectivity index (χ0v) is 9.94. The molecule has 0 aromatic heterocycles. The molecule has 0 spiro atoms. The monoisotopic (exact) mass is 252 g/mol. The van der Waals surface area contributed by atoms with Gasteiger partial charge in [-0.05, 0) is 6.42 Å². The molecular weight excluding hydrogens is 236 g/mol. The van der Waals surface area contributed by atoms with Gasteiger partial charge in [-0.1, -0.05) is 13.3 Å². The molecule has 7 heteroatoms. The van der Waals surface area contributed by atoms with Crippen molar-refractivity contribution in [2.75, 3.05) is 19.8 Å². The molecule has 2 heterocycles. The van der Waals surface area contributed by atoms with Gasteiger partial charge in [0.25, 0.3) is 0 Å². The summed E-state index contributed by atoms with van der Waals surface area (Å²) in [6.07, 6.45) is 0.766. The van der Waals surface area contributed by atoms with Gasteiger partial charge in [-0.3, -0.25) is 0 Å². The van der Waals surface area contributed by atoms with Gasteiger partial charge in [0.05, 0.1) is 13.2 Å². The van der Waals surface area contributed by atoms with Crippen molar-refractivity contribution >= 4 is 10.4 Å². The topological polar surface area (TPSA) is 71.1 Å². The average Bonchev–Trinajstić information content (AvgIpc) is 2.60. The van der Waals surface area contributed by atoms with E-state index in [4.69, 9.17) is 13.7 Å². The second-order valence-corrected chi connectivity index (χ2v) is 5.13. The van der Waals surface area contributed by atoms with E-state index in [0.29, 0.717) is 13.2 Å². The molecule has 0 radical (unpaired) electrons. The van der Waals surface area contributed by atoms with E-state index in [9.17, 15) is 8.42 Å². The minimum atomic E-state index is -3.86. The number of rotatable bonds is 4. The molecule has 2 fully saturated rings. The van der Waals surface area contributed by atoms with Crippen LogP contribution in [0.5, 0.6) is 0 Å². The van der Waals surface area contributed by atoms with Gasteiger partial charge in [0.2, 0.25) is 0 Å². The number of hydrogen-bond acceptors (Lipinski definition) is 6. The van der Waals surface area contributed by atoms with Crippen molar-refractivity contribution in [3.63, 3.8) is 0 Å². The summed E-state index contributed by atoms with van der Waals surface area (Å²) >= 11 is 0. The third-order valence-corrected chi connectivity index (χ3v) is 3.53. The van der Waals surface area contributed by atoms with Gasteiger partial charge in [0.15, 0.2) is 0 Å². The van der Waals surface area contributed by atoms with Crippen LogP contribution >= 0.6 is 0 Å². The molecule has 0 N–H and O–H groups in total. The van der Waals surface area contributed by atoms with E-state index in [-0.39, 0.29) is 18.8 Å². The van der Waals surface area contributed by atoms with Crippen LogP contribution in [0.3, 0.4) is 0 Å². The van der Waals surface area contributed by atoms with Gasteiger partial charge < -0.3 is 9.47 Å². The quantitative estimate of drug-likeness (QED) is 0.667. The van der Waals surface area contributed by atoms with Crippen molar-refractivity contribution in [1.29, 1.82) is 0 Å². The highest BCUT2D eigenvalue weighted by Crippen LogP contribution is 2.27. The maximum Gasteiger partial charge on any atom is 0.400 e. The lowest BCUT2D eigenvalue weighted by atomic mass is 10.1. The van der Waals surface area contributed by atoms with E-state index < -0.39 is 16.5 Å². The lowest BCUT2D eigenvalue weighted by Gasteiger charge is -2.26. The lowest BCUT2D eigenvalue weighted by Crippen LogP contribution is -2.44. The molecule has 3 atom stereocenters. The number of ether oxygens (including phenoxy) is 2. The van der Waals surface area contributed by atoms with E-state index in [1.54, 1.807) is 0 Å². The molecule has 2 aliphatic rings. The average molecular weight is 252 g/mol. The van der Waals surface area contributed by atoms with Gasteiger partial charge in [-0.25, -0.2) is 8.37 Å². The molecule has 0 amide bonds. The molecule has 2 rings (SSSR count). The summed E-state index contributed by atoms with van der Waals surface area (Å²) in [6, 6.07) is 0. The summed E-state index contributed by atoms with van der Waals surface area (Å²) in [5.41, 5.74) is 0. The van der Waals surface area contributed by atoms with E-state index in [0.717, 1.165) is 12.8 Å². The summed E-state index contributed by atoms with van der Waals surface area (Å²) in [5.74, 6) is 0. The van der Waals surface area contributed by atoms with E-state index in [1.807, 2.05) is 0 Å². The molecule has 0 unspecified atom stereocenters. The fourth-order valence-corrected chi connectivity index (χ4v) is 2.63. The maximum atomic E-state index is 11.1. The summed E-state index contributed by atoms with van der Waals surface area (Å²) in [7, 11) is -3.86. The smallest absolute Gasteiger partial charge is 0.373 e. The molecule has 0 bridgehead atoms. The van der Waals surface area contributed by atoms with Gasteiger partial charge in [0, 0.05) is 6.61 Å². The minimum Gasteiger partial charge on any atom is -0.373 e. The van der Waals surface area contributed by atoms with Crippen LogP contribution in [0.15, 0.2) is 0 Å². The molecule has 2 aliphatic heterocycles. The summed E-state index contributed by atoms with van der Waals surface area (Å²) in [6.45, 7) is 3.03. The fourth-order valence-electron chi connectivity index (χ4n) is 1.75. The Kier molecular flexibility index (Phi) is 3.81. The molecule has 0 aromatic rings. The predicted octanol–water partition coefficient (Wildman–Crippen LogP) is 0.231. The molecule has 94 valence electrons. The summed E-state index contributed by atoms with van der Waals surface area (Å²) in [5, 5.41) is 0. The van der Waals surface area contributed by atoms with Gasteiger partial charge in [-0.2, -0.15) is 8.42 Å². The Morgan fingerprint density at radius 2 is 2.19 bits per heavy atom. The van der Waals surface area contributed by atoms with Crippen molar-refractivity contribution in [2.24, 2.45) is 0 Å². The van der Waals surface area contributed by atoms with Crippen molar-refractivity contribution in [2.45, 2.75) is 38.1 Å². The molecule has 16 heavy (non-hydrogen) atoms. The lowest BCUT2D eigenvalue weighted by molar-refractivity contribution is -0.0398. The zero-order valence-electron chi connectivity index (χ0n) is 9.13. The van der Waals surface area contributed by atoms with E-state index >= 15 is 0 Å². The molecule has 0 aromatic carbocycles. The molecular formula is C9H16O6S.